The highest BCUT2D eigenvalue weighted by atomic mass is 32.1. The van der Waals surface area contributed by atoms with E-state index in [-0.39, 0.29) is 10.6 Å². The van der Waals surface area contributed by atoms with Crippen molar-refractivity contribution in [2.75, 3.05) is 18.5 Å². The zero-order chi connectivity index (χ0) is 15.3. The van der Waals surface area contributed by atoms with Crippen molar-refractivity contribution in [1.29, 1.82) is 0 Å². The summed E-state index contributed by atoms with van der Waals surface area (Å²) in [6.45, 7) is 2.85. The summed E-state index contributed by atoms with van der Waals surface area (Å²) in [5.74, 6) is 0. The first kappa shape index (κ1) is 16.8. The molecule has 2 N–H and O–H groups in total. The van der Waals surface area contributed by atoms with Gasteiger partial charge in [0.05, 0.1) is 5.56 Å². The van der Waals surface area contributed by atoms with E-state index < -0.39 is 11.7 Å². The smallest absolute Gasteiger partial charge is 0.389 e. The summed E-state index contributed by atoms with van der Waals surface area (Å²) in [7, 11) is 1.83. The number of nitrogens with zero attached hydrogens (tertiary/aromatic N) is 1. The van der Waals surface area contributed by atoms with Gasteiger partial charge in [-0.3, -0.25) is 0 Å². The third kappa shape index (κ3) is 4.37. The summed E-state index contributed by atoms with van der Waals surface area (Å²) in [5, 5.41) is 0. The highest BCUT2D eigenvalue weighted by molar-refractivity contribution is 7.80. The molecule has 0 radical (unpaired) electrons. The van der Waals surface area contributed by atoms with Crippen LogP contribution in [0.1, 0.15) is 37.3 Å². The first-order valence-corrected chi connectivity index (χ1v) is 6.90. The van der Waals surface area contributed by atoms with E-state index >= 15 is 0 Å². The minimum absolute atomic E-state index is 0.0200. The summed E-state index contributed by atoms with van der Waals surface area (Å²) in [4.78, 5) is 1.87. The molecule has 0 spiro atoms. The Kier molecular flexibility index (Phi) is 5.80. The van der Waals surface area contributed by atoms with Gasteiger partial charge in [-0.1, -0.05) is 32.0 Å². The van der Waals surface area contributed by atoms with Gasteiger partial charge in [-0.05, 0) is 24.6 Å². The number of nitrogens with two attached hydrogens (primary N) is 1. The molecular formula is C14H19F3N2S. The molecule has 0 bridgehead atoms. The van der Waals surface area contributed by atoms with Crippen molar-refractivity contribution in [2.24, 2.45) is 5.73 Å². The molecule has 20 heavy (non-hydrogen) atoms. The maximum absolute atomic E-state index is 12.7. The lowest BCUT2D eigenvalue weighted by Gasteiger charge is -2.23. The van der Waals surface area contributed by atoms with Gasteiger partial charge in [-0.15, -0.1) is 0 Å². The lowest BCUT2D eigenvalue weighted by atomic mass is 10.1. The Morgan fingerprint density at radius 3 is 2.45 bits per heavy atom. The number of unbranched alkanes of at least 4 members (excludes halogenated alkanes) is 2. The fraction of sp³-hybridized carbons (Fsp3) is 0.500. The number of hydrogen-bond donors (Lipinski definition) is 1. The van der Waals surface area contributed by atoms with E-state index in [0.717, 1.165) is 37.9 Å². The number of thiocarbonyl (C=S) groups is 1. The van der Waals surface area contributed by atoms with Crippen LogP contribution in [0.25, 0.3) is 0 Å². The SMILES string of the molecule is CCCCCN(C)c1ccc(C(F)(F)F)cc1C(N)=S. The van der Waals surface area contributed by atoms with Crippen molar-refractivity contribution in [2.45, 2.75) is 32.4 Å². The highest BCUT2D eigenvalue weighted by Gasteiger charge is 2.31. The van der Waals surface area contributed by atoms with Crippen LogP contribution in [0.15, 0.2) is 18.2 Å². The molecule has 0 aliphatic carbocycles. The first-order chi connectivity index (χ1) is 9.27. The van der Waals surface area contributed by atoms with Gasteiger partial charge in [0.25, 0.3) is 0 Å². The molecule has 0 atom stereocenters. The van der Waals surface area contributed by atoms with Crippen LogP contribution in [-0.2, 0) is 6.18 Å². The second-order valence-electron chi connectivity index (χ2n) is 4.72. The largest absolute Gasteiger partial charge is 0.416 e. The highest BCUT2D eigenvalue weighted by Crippen LogP contribution is 2.32. The molecule has 0 heterocycles. The first-order valence-electron chi connectivity index (χ1n) is 6.49. The zero-order valence-electron chi connectivity index (χ0n) is 11.6. The lowest BCUT2D eigenvalue weighted by molar-refractivity contribution is -0.137. The van der Waals surface area contributed by atoms with Gasteiger partial charge < -0.3 is 10.6 Å². The van der Waals surface area contributed by atoms with Crippen LogP contribution >= 0.6 is 12.2 Å². The fourth-order valence-corrected chi connectivity index (χ4v) is 2.13. The number of rotatable bonds is 6. The molecular weight excluding hydrogens is 285 g/mol. The normalized spacial score (nSPS) is 11.4. The van der Waals surface area contributed by atoms with E-state index in [0.29, 0.717) is 5.69 Å². The molecule has 2 nitrogen and oxygen atoms in total. The molecule has 1 rings (SSSR count). The maximum Gasteiger partial charge on any atom is 0.416 e. The Bertz CT molecular complexity index is 472. The number of benzene rings is 1. The summed E-state index contributed by atoms with van der Waals surface area (Å²) < 4.78 is 38.1. The molecule has 0 saturated heterocycles. The molecule has 0 fully saturated rings. The fourth-order valence-electron chi connectivity index (χ4n) is 1.96. The van der Waals surface area contributed by atoms with Crippen LogP contribution < -0.4 is 10.6 Å². The van der Waals surface area contributed by atoms with Crippen molar-refractivity contribution in [3.8, 4) is 0 Å². The summed E-state index contributed by atoms with van der Waals surface area (Å²) >= 11 is 4.87. The zero-order valence-corrected chi connectivity index (χ0v) is 12.4. The molecule has 6 heteroatoms. The van der Waals surface area contributed by atoms with E-state index in [2.05, 4.69) is 6.92 Å². The third-order valence-electron chi connectivity index (χ3n) is 3.10. The molecule has 0 aromatic heterocycles. The number of anilines is 1. The van der Waals surface area contributed by atoms with Gasteiger partial charge in [-0.2, -0.15) is 13.2 Å². The van der Waals surface area contributed by atoms with Crippen LogP contribution in [0.5, 0.6) is 0 Å². The second kappa shape index (κ2) is 6.92. The molecule has 1 aromatic carbocycles. The Labute approximate surface area is 122 Å². The number of alkyl halides is 3. The lowest BCUT2D eigenvalue weighted by Crippen LogP contribution is -2.23. The van der Waals surface area contributed by atoms with E-state index in [1.54, 1.807) is 0 Å². The van der Waals surface area contributed by atoms with E-state index in [1.807, 2.05) is 11.9 Å². The van der Waals surface area contributed by atoms with Crippen molar-refractivity contribution in [3.63, 3.8) is 0 Å². The molecule has 0 saturated carbocycles. The predicted molar refractivity (Wildman–Crippen MR) is 80.1 cm³/mol. The van der Waals surface area contributed by atoms with Gasteiger partial charge in [0.1, 0.15) is 4.99 Å². The van der Waals surface area contributed by atoms with Crippen molar-refractivity contribution in [1.82, 2.24) is 0 Å². The molecule has 0 aliphatic heterocycles. The molecule has 1 aromatic rings. The van der Waals surface area contributed by atoms with E-state index in [1.165, 1.54) is 6.07 Å². The molecule has 112 valence electrons. The van der Waals surface area contributed by atoms with Crippen LogP contribution in [-0.4, -0.2) is 18.6 Å². The van der Waals surface area contributed by atoms with Crippen LogP contribution in [0.4, 0.5) is 18.9 Å². The van der Waals surface area contributed by atoms with Gasteiger partial charge in [0, 0.05) is 24.8 Å². The van der Waals surface area contributed by atoms with Gasteiger partial charge in [0.15, 0.2) is 0 Å². The number of halogens is 3. The monoisotopic (exact) mass is 304 g/mol. The van der Waals surface area contributed by atoms with Crippen molar-refractivity contribution >= 4 is 22.9 Å². The van der Waals surface area contributed by atoms with E-state index in [4.69, 9.17) is 18.0 Å². The summed E-state index contributed by atoms with van der Waals surface area (Å²) in [6, 6.07) is 3.52. The standard InChI is InChI=1S/C14H19F3N2S/c1-3-4-5-8-19(2)12-7-6-10(14(15,16)17)9-11(12)13(18)20/h6-7,9H,3-5,8H2,1-2H3,(H2,18,20). The van der Waals surface area contributed by atoms with Crippen molar-refractivity contribution in [3.05, 3.63) is 29.3 Å². The molecule has 0 aliphatic rings. The summed E-state index contributed by atoms with van der Waals surface area (Å²) in [5.41, 5.74) is 5.74. The van der Waals surface area contributed by atoms with Gasteiger partial charge in [0.2, 0.25) is 0 Å². The van der Waals surface area contributed by atoms with Crippen LogP contribution in [0.2, 0.25) is 0 Å². The Hall–Kier alpha value is -1.30. The van der Waals surface area contributed by atoms with Crippen molar-refractivity contribution < 1.29 is 13.2 Å². The topological polar surface area (TPSA) is 29.3 Å². The second-order valence-corrected chi connectivity index (χ2v) is 5.16. The molecule has 0 amide bonds. The summed E-state index contributed by atoms with van der Waals surface area (Å²) in [6.07, 6.45) is -1.25. The van der Waals surface area contributed by atoms with Crippen LogP contribution in [0, 0.1) is 0 Å². The minimum Gasteiger partial charge on any atom is -0.389 e. The third-order valence-corrected chi connectivity index (χ3v) is 3.32. The average Bonchev–Trinajstić information content (AvgIpc) is 2.37. The molecule has 0 unspecified atom stereocenters. The van der Waals surface area contributed by atoms with Crippen LogP contribution in [0.3, 0.4) is 0 Å². The Morgan fingerprint density at radius 2 is 1.95 bits per heavy atom. The van der Waals surface area contributed by atoms with E-state index in [9.17, 15) is 13.2 Å². The van der Waals surface area contributed by atoms with Gasteiger partial charge >= 0.3 is 6.18 Å². The quantitative estimate of drug-likeness (QED) is 0.637. The van der Waals surface area contributed by atoms with Gasteiger partial charge in [-0.25, -0.2) is 0 Å². The minimum atomic E-state index is -4.39. The maximum atomic E-state index is 12.7. The predicted octanol–water partition coefficient (Wildman–Crippen LogP) is 3.97. The average molecular weight is 304 g/mol. The Balaban J connectivity index is 3.04. The Morgan fingerprint density at radius 1 is 1.30 bits per heavy atom. The number of hydrogen-bond acceptors (Lipinski definition) is 2.